The number of rotatable bonds is 11. The molecular weight excluding hydrogens is 420 g/mol. The van der Waals surface area contributed by atoms with Crippen molar-refractivity contribution in [1.29, 1.82) is 0 Å². The van der Waals surface area contributed by atoms with Gasteiger partial charge in [0.25, 0.3) is 0 Å². The van der Waals surface area contributed by atoms with Crippen LogP contribution < -0.4 is 9.47 Å². The van der Waals surface area contributed by atoms with E-state index >= 15 is 0 Å². The second-order valence-electron chi connectivity index (χ2n) is 7.84. The molecule has 0 aliphatic rings. The van der Waals surface area contributed by atoms with Gasteiger partial charge in [0.1, 0.15) is 36.2 Å². The van der Waals surface area contributed by atoms with Crippen molar-refractivity contribution in [3.05, 3.63) is 72.8 Å². The summed E-state index contributed by atoms with van der Waals surface area (Å²) in [4.78, 5) is 0. The first kappa shape index (κ1) is 22.7. The van der Waals surface area contributed by atoms with Crippen molar-refractivity contribution < 1.29 is 29.2 Å². The molecule has 4 aromatic rings. The van der Waals surface area contributed by atoms with E-state index in [0.29, 0.717) is 33.0 Å². The quantitative estimate of drug-likeness (QED) is 0.304. The van der Waals surface area contributed by atoms with Crippen LogP contribution in [0.4, 0.5) is 0 Å². The summed E-state index contributed by atoms with van der Waals surface area (Å²) >= 11 is 0. The highest BCUT2D eigenvalue weighted by molar-refractivity contribution is 5.85. The van der Waals surface area contributed by atoms with Gasteiger partial charge in [0, 0.05) is 0 Å². The van der Waals surface area contributed by atoms with E-state index in [2.05, 4.69) is 0 Å². The molecule has 2 N–H and O–H groups in total. The number of benzene rings is 4. The molecule has 0 heterocycles. The average molecular weight is 449 g/mol. The minimum Gasteiger partial charge on any atom is -0.508 e. The van der Waals surface area contributed by atoms with Crippen molar-refractivity contribution in [2.45, 2.75) is 13.0 Å². The van der Waals surface area contributed by atoms with Crippen molar-refractivity contribution in [3.63, 3.8) is 0 Å². The van der Waals surface area contributed by atoms with E-state index in [1.165, 1.54) is 0 Å². The maximum Gasteiger partial charge on any atom is 0.120 e. The molecule has 6 nitrogen and oxygen atoms in total. The third-order valence-corrected chi connectivity index (χ3v) is 5.19. The van der Waals surface area contributed by atoms with E-state index in [0.717, 1.165) is 33.0 Å². The SMILES string of the molecule is CC(COCCOc1ccc2ccc(O)cc2c1)OCCOc1ccc2ccc(O)cc2c1. The standard InChI is InChI=1S/C27H28O6/c1-19(31-12-13-33-27-9-5-21-3-7-25(29)15-23(21)17-27)18-30-10-11-32-26-8-4-20-2-6-24(28)14-22(20)16-26/h2-9,14-17,19,28-29H,10-13,18H2,1H3. The van der Waals surface area contributed by atoms with Gasteiger partial charge in [-0.05, 0) is 77.0 Å². The molecule has 0 amide bonds. The first-order valence-electron chi connectivity index (χ1n) is 11.0. The third kappa shape index (κ3) is 6.51. The maximum absolute atomic E-state index is 9.62. The van der Waals surface area contributed by atoms with Gasteiger partial charge in [-0.2, -0.15) is 0 Å². The van der Waals surface area contributed by atoms with E-state index in [1.807, 2.05) is 55.5 Å². The molecule has 0 aromatic heterocycles. The van der Waals surface area contributed by atoms with Crippen LogP contribution >= 0.6 is 0 Å². The second kappa shape index (κ2) is 10.9. The Morgan fingerprint density at radius 2 is 1.12 bits per heavy atom. The van der Waals surface area contributed by atoms with Gasteiger partial charge < -0.3 is 29.2 Å². The zero-order chi connectivity index (χ0) is 23.0. The van der Waals surface area contributed by atoms with Gasteiger partial charge >= 0.3 is 0 Å². The van der Waals surface area contributed by atoms with Gasteiger partial charge in [0.05, 0.1) is 25.9 Å². The molecule has 6 heteroatoms. The van der Waals surface area contributed by atoms with E-state index < -0.39 is 0 Å². The summed E-state index contributed by atoms with van der Waals surface area (Å²) in [5.41, 5.74) is 0. The lowest BCUT2D eigenvalue weighted by Crippen LogP contribution is -2.21. The molecule has 0 bridgehead atoms. The topological polar surface area (TPSA) is 77.4 Å². The lowest BCUT2D eigenvalue weighted by molar-refractivity contribution is -0.0207. The summed E-state index contributed by atoms with van der Waals surface area (Å²) in [6, 6.07) is 22.1. The molecule has 33 heavy (non-hydrogen) atoms. The number of phenolic OH excluding ortho intramolecular Hbond substituents is 2. The van der Waals surface area contributed by atoms with Gasteiger partial charge in [0.2, 0.25) is 0 Å². The van der Waals surface area contributed by atoms with Crippen LogP contribution in [0.3, 0.4) is 0 Å². The highest BCUT2D eigenvalue weighted by Gasteiger charge is 2.04. The van der Waals surface area contributed by atoms with Gasteiger partial charge in [-0.3, -0.25) is 0 Å². The smallest absolute Gasteiger partial charge is 0.120 e. The molecule has 4 rings (SSSR count). The Morgan fingerprint density at radius 3 is 1.70 bits per heavy atom. The summed E-state index contributed by atoms with van der Waals surface area (Å²) in [7, 11) is 0. The van der Waals surface area contributed by atoms with Gasteiger partial charge in [-0.1, -0.05) is 24.3 Å². The molecule has 0 spiro atoms. The number of ether oxygens (including phenoxy) is 4. The maximum atomic E-state index is 9.62. The largest absolute Gasteiger partial charge is 0.508 e. The van der Waals surface area contributed by atoms with Crippen LogP contribution in [-0.2, 0) is 9.47 Å². The molecule has 0 radical (unpaired) electrons. The van der Waals surface area contributed by atoms with Crippen LogP contribution in [-0.4, -0.2) is 49.4 Å². The molecule has 0 saturated carbocycles. The third-order valence-electron chi connectivity index (χ3n) is 5.19. The summed E-state index contributed by atoms with van der Waals surface area (Å²) in [5, 5.41) is 23.2. The van der Waals surface area contributed by atoms with Crippen molar-refractivity contribution >= 4 is 21.5 Å². The molecule has 0 saturated heterocycles. The molecule has 172 valence electrons. The number of aromatic hydroxyl groups is 2. The fourth-order valence-corrected chi connectivity index (χ4v) is 3.53. The fraction of sp³-hybridized carbons (Fsp3) is 0.259. The zero-order valence-electron chi connectivity index (χ0n) is 18.6. The Balaban J connectivity index is 1.10. The van der Waals surface area contributed by atoms with Crippen LogP contribution in [0.2, 0.25) is 0 Å². The molecule has 0 aliphatic carbocycles. The van der Waals surface area contributed by atoms with E-state index in [1.54, 1.807) is 24.3 Å². The first-order valence-corrected chi connectivity index (χ1v) is 11.0. The van der Waals surface area contributed by atoms with Crippen LogP contribution in [0.25, 0.3) is 21.5 Å². The van der Waals surface area contributed by atoms with Gasteiger partial charge in [-0.25, -0.2) is 0 Å². The van der Waals surface area contributed by atoms with E-state index in [4.69, 9.17) is 18.9 Å². The zero-order valence-corrected chi connectivity index (χ0v) is 18.6. The van der Waals surface area contributed by atoms with Crippen molar-refractivity contribution in [1.82, 2.24) is 0 Å². The van der Waals surface area contributed by atoms with Crippen LogP contribution in [0.1, 0.15) is 6.92 Å². The van der Waals surface area contributed by atoms with Gasteiger partial charge in [0.15, 0.2) is 0 Å². The molecule has 0 fully saturated rings. The molecule has 1 atom stereocenters. The normalized spacial score (nSPS) is 12.2. The minimum atomic E-state index is -0.0641. The number of phenols is 2. The van der Waals surface area contributed by atoms with Gasteiger partial charge in [-0.15, -0.1) is 0 Å². The second-order valence-corrected chi connectivity index (χ2v) is 7.84. The Morgan fingerprint density at radius 1 is 0.606 bits per heavy atom. The average Bonchev–Trinajstić information content (AvgIpc) is 2.81. The van der Waals surface area contributed by atoms with E-state index in [9.17, 15) is 10.2 Å². The van der Waals surface area contributed by atoms with Crippen molar-refractivity contribution in [2.75, 3.05) is 33.0 Å². The number of hydrogen-bond acceptors (Lipinski definition) is 6. The summed E-state index contributed by atoms with van der Waals surface area (Å²) < 4.78 is 22.9. The Labute approximate surface area is 192 Å². The Hall–Kier alpha value is -3.48. The van der Waals surface area contributed by atoms with Crippen LogP contribution in [0, 0.1) is 0 Å². The lowest BCUT2D eigenvalue weighted by Gasteiger charge is -2.14. The lowest BCUT2D eigenvalue weighted by atomic mass is 10.1. The monoisotopic (exact) mass is 448 g/mol. The summed E-state index contributed by atoms with van der Waals surface area (Å²) in [6.07, 6.45) is -0.0641. The summed E-state index contributed by atoms with van der Waals surface area (Å²) in [6.45, 7) is 4.17. The number of fused-ring (bicyclic) bond motifs is 2. The minimum absolute atomic E-state index is 0.0641. The number of hydrogen-bond donors (Lipinski definition) is 2. The predicted molar refractivity (Wildman–Crippen MR) is 128 cm³/mol. The fourth-order valence-electron chi connectivity index (χ4n) is 3.53. The molecule has 0 aliphatic heterocycles. The molecule has 4 aromatic carbocycles. The van der Waals surface area contributed by atoms with Crippen molar-refractivity contribution in [2.24, 2.45) is 0 Å². The molecular formula is C27H28O6. The van der Waals surface area contributed by atoms with Crippen LogP contribution in [0.15, 0.2) is 72.8 Å². The first-order chi connectivity index (χ1) is 16.1. The van der Waals surface area contributed by atoms with Crippen molar-refractivity contribution in [3.8, 4) is 23.0 Å². The molecule has 1 unspecified atom stereocenters. The highest BCUT2D eigenvalue weighted by Crippen LogP contribution is 2.25. The summed E-state index contributed by atoms with van der Waals surface area (Å²) in [5.74, 6) is 1.95. The Kier molecular flexibility index (Phi) is 7.50. The predicted octanol–water partition coefficient (Wildman–Crippen LogP) is 5.28. The van der Waals surface area contributed by atoms with E-state index in [-0.39, 0.29) is 17.6 Å². The highest BCUT2D eigenvalue weighted by atomic mass is 16.6. The van der Waals surface area contributed by atoms with Crippen LogP contribution in [0.5, 0.6) is 23.0 Å². The Bertz CT molecular complexity index is 1210.